The Morgan fingerprint density at radius 2 is 1.73 bits per heavy atom. The smallest absolute Gasteiger partial charge is 0.0832 e. The fourth-order valence-corrected chi connectivity index (χ4v) is 1.80. The lowest BCUT2D eigenvalue weighted by molar-refractivity contribution is 0.0922. The zero-order valence-electron chi connectivity index (χ0n) is 9.17. The van der Waals surface area contributed by atoms with E-state index in [2.05, 4.69) is 13.8 Å². The highest BCUT2D eigenvalue weighted by Gasteiger charge is 2.21. The van der Waals surface area contributed by atoms with E-state index in [9.17, 15) is 5.11 Å². The number of aliphatic hydroxyl groups excluding tert-OH is 1. The molecule has 1 N–H and O–H groups in total. The molecule has 0 aliphatic rings. The molecule has 0 spiro atoms. The van der Waals surface area contributed by atoms with Crippen molar-refractivity contribution in [3.05, 3.63) is 33.8 Å². The Kier molecular flexibility index (Phi) is 4.45. The van der Waals surface area contributed by atoms with Crippen molar-refractivity contribution in [3.63, 3.8) is 0 Å². The van der Waals surface area contributed by atoms with E-state index in [1.165, 1.54) is 0 Å². The molecule has 0 saturated carbocycles. The first-order valence-electron chi connectivity index (χ1n) is 5.06. The van der Waals surface area contributed by atoms with Crippen molar-refractivity contribution >= 4 is 23.2 Å². The topological polar surface area (TPSA) is 20.2 Å². The minimum absolute atomic E-state index is 0.154. The summed E-state index contributed by atoms with van der Waals surface area (Å²) in [6.45, 7) is 6.16. The number of benzene rings is 1. The van der Waals surface area contributed by atoms with Crippen LogP contribution in [-0.4, -0.2) is 5.11 Å². The van der Waals surface area contributed by atoms with Crippen LogP contribution in [0, 0.1) is 11.8 Å². The lowest BCUT2D eigenvalue weighted by atomic mass is 9.88. The van der Waals surface area contributed by atoms with Crippen LogP contribution in [0.3, 0.4) is 0 Å². The van der Waals surface area contributed by atoms with Gasteiger partial charge in [0.1, 0.15) is 0 Å². The van der Waals surface area contributed by atoms with E-state index >= 15 is 0 Å². The molecule has 1 aromatic carbocycles. The zero-order chi connectivity index (χ0) is 11.6. The molecule has 0 radical (unpaired) electrons. The lowest BCUT2D eigenvalue weighted by Crippen LogP contribution is -2.15. The predicted molar refractivity (Wildman–Crippen MR) is 65.4 cm³/mol. The second-order valence-corrected chi connectivity index (χ2v) is 5.06. The third-order valence-electron chi connectivity index (χ3n) is 2.83. The number of rotatable bonds is 3. The van der Waals surface area contributed by atoms with Crippen LogP contribution in [0.2, 0.25) is 10.0 Å². The fraction of sp³-hybridized carbons (Fsp3) is 0.500. The van der Waals surface area contributed by atoms with Crippen molar-refractivity contribution in [3.8, 4) is 0 Å². The molecular formula is C12H16Cl2O. The Morgan fingerprint density at radius 3 is 2.27 bits per heavy atom. The molecule has 0 saturated heterocycles. The minimum atomic E-state index is -0.559. The average Bonchev–Trinajstić information content (AvgIpc) is 2.19. The van der Waals surface area contributed by atoms with Gasteiger partial charge in [-0.15, -0.1) is 0 Å². The Balaban J connectivity index is 2.99. The third kappa shape index (κ3) is 3.10. The fourth-order valence-electron chi connectivity index (χ4n) is 1.39. The highest BCUT2D eigenvalue weighted by molar-refractivity contribution is 6.33. The summed E-state index contributed by atoms with van der Waals surface area (Å²) in [5.41, 5.74) is 0.713. The molecule has 3 heteroatoms. The summed E-state index contributed by atoms with van der Waals surface area (Å²) >= 11 is 11.9. The van der Waals surface area contributed by atoms with E-state index in [4.69, 9.17) is 23.2 Å². The minimum Gasteiger partial charge on any atom is -0.388 e. The Labute approximate surface area is 101 Å². The van der Waals surface area contributed by atoms with Crippen molar-refractivity contribution in [2.24, 2.45) is 11.8 Å². The second kappa shape index (κ2) is 5.20. The molecule has 1 aromatic rings. The van der Waals surface area contributed by atoms with E-state index in [-0.39, 0.29) is 5.92 Å². The highest BCUT2D eigenvalue weighted by atomic mass is 35.5. The van der Waals surface area contributed by atoms with Crippen molar-refractivity contribution in [2.45, 2.75) is 26.9 Å². The largest absolute Gasteiger partial charge is 0.388 e. The van der Waals surface area contributed by atoms with Gasteiger partial charge in [-0.3, -0.25) is 0 Å². The molecule has 0 bridgehead atoms. The quantitative estimate of drug-likeness (QED) is 0.843. The summed E-state index contributed by atoms with van der Waals surface area (Å²) in [5, 5.41) is 11.3. The van der Waals surface area contributed by atoms with Crippen LogP contribution in [0.1, 0.15) is 32.4 Å². The molecule has 15 heavy (non-hydrogen) atoms. The van der Waals surface area contributed by atoms with Crippen molar-refractivity contribution < 1.29 is 5.11 Å². The summed E-state index contributed by atoms with van der Waals surface area (Å²) < 4.78 is 0. The Hall–Kier alpha value is -0.240. The van der Waals surface area contributed by atoms with Gasteiger partial charge < -0.3 is 5.11 Å². The molecule has 84 valence electrons. The number of halogens is 2. The van der Waals surface area contributed by atoms with Gasteiger partial charge in [-0.2, -0.15) is 0 Å². The molecule has 0 amide bonds. The molecule has 1 rings (SSSR count). The maximum atomic E-state index is 10.1. The van der Waals surface area contributed by atoms with Gasteiger partial charge in [0.15, 0.2) is 0 Å². The van der Waals surface area contributed by atoms with E-state index in [1.54, 1.807) is 18.2 Å². The van der Waals surface area contributed by atoms with Crippen molar-refractivity contribution in [1.29, 1.82) is 0 Å². The normalized spacial score (nSPS) is 15.4. The molecule has 1 nitrogen and oxygen atoms in total. The van der Waals surface area contributed by atoms with E-state index in [1.807, 2.05) is 6.92 Å². The molecule has 0 aliphatic heterocycles. The standard InChI is InChI=1S/C12H16Cl2O/c1-7(2)8(3)12(15)10-6-9(13)4-5-11(10)14/h4-8,12,15H,1-3H3. The van der Waals surface area contributed by atoms with Gasteiger partial charge in [0, 0.05) is 15.6 Å². The number of aliphatic hydroxyl groups is 1. The van der Waals surface area contributed by atoms with Crippen LogP contribution in [0.5, 0.6) is 0 Å². The van der Waals surface area contributed by atoms with Crippen LogP contribution in [-0.2, 0) is 0 Å². The summed E-state index contributed by atoms with van der Waals surface area (Å²) in [5.74, 6) is 0.552. The molecule has 2 unspecified atom stereocenters. The van der Waals surface area contributed by atoms with Gasteiger partial charge in [-0.05, 0) is 30.0 Å². The van der Waals surface area contributed by atoms with Gasteiger partial charge in [-0.25, -0.2) is 0 Å². The lowest BCUT2D eigenvalue weighted by Gasteiger charge is -2.23. The van der Waals surface area contributed by atoms with Crippen LogP contribution in [0.15, 0.2) is 18.2 Å². The summed E-state index contributed by atoms with van der Waals surface area (Å²) in [6.07, 6.45) is -0.559. The molecule has 2 atom stereocenters. The summed E-state index contributed by atoms with van der Waals surface area (Å²) in [4.78, 5) is 0. The van der Waals surface area contributed by atoms with Crippen LogP contribution >= 0.6 is 23.2 Å². The molecule has 0 fully saturated rings. The molecule has 0 heterocycles. The Morgan fingerprint density at radius 1 is 1.13 bits per heavy atom. The Bertz CT molecular complexity index is 336. The van der Waals surface area contributed by atoms with Crippen LogP contribution in [0.25, 0.3) is 0 Å². The molecular weight excluding hydrogens is 231 g/mol. The van der Waals surface area contributed by atoms with Crippen molar-refractivity contribution in [1.82, 2.24) is 0 Å². The van der Waals surface area contributed by atoms with Crippen LogP contribution in [0.4, 0.5) is 0 Å². The first-order valence-corrected chi connectivity index (χ1v) is 5.82. The monoisotopic (exact) mass is 246 g/mol. The highest BCUT2D eigenvalue weighted by Crippen LogP contribution is 2.33. The predicted octanol–water partition coefficient (Wildman–Crippen LogP) is 4.32. The van der Waals surface area contributed by atoms with Gasteiger partial charge in [0.25, 0.3) is 0 Å². The van der Waals surface area contributed by atoms with Crippen LogP contribution < -0.4 is 0 Å². The van der Waals surface area contributed by atoms with Gasteiger partial charge in [-0.1, -0.05) is 44.0 Å². The second-order valence-electron chi connectivity index (χ2n) is 4.21. The van der Waals surface area contributed by atoms with E-state index in [0.29, 0.717) is 21.5 Å². The van der Waals surface area contributed by atoms with Crippen molar-refractivity contribution in [2.75, 3.05) is 0 Å². The van der Waals surface area contributed by atoms with Gasteiger partial charge >= 0.3 is 0 Å². The van der Waals surface area contributed by atoms with Gasteiger partial charge in [0.2, 0.25) is 0 Å². The number of hydrogen-bond acceptors (Lipinski definition) is 1. The average molecular weight is 247 g/mol. The first kappa shape index (κ1) is 12.8. The van der Waals surface area contributed by atoms with Gasteiger partial charge in [0.05, 0.1) is 6.10 Å². The molecule has 0 aromatic heterocycles. The number of hydrogen-bond donors (Lipinski definition) is 1. The summed E-state index contributed by atoms with van der Waals surface area (Å²) in [7, 11) is 0. The summed E-state index contributed by atoms with van der Waals surface area (Å²) in [6, 6.07) is 5.17. The zero-order valence-corrected chi connectivity index (χ0v) is 10.7. The van der Waals surface area contributed by atoms with E-state index < -0.39 is 6.10 Å². The maximum Gasteiger partial charge on any atom is 0.0832 e. The first-order chi connectivity index (χ1) is 6.93. The maximum absolute atomic E-state index is 10.1. The SMILES string of the molecule is CC(C)C(C)C(O)c1cc(Cl)ccc1Cl. The van der Waals surface area contributed by atoms with E-state index in [0.717, 1.165) is 0 Å². The third-order valence-corrected chi connectivity index (χ3v) is 3.41. The molecule has 0 aliphatic carbocycles.